The maximum atomic E-state index is 9.42. The molecule has 0 aromatic heterocycles. The molecule has 11 heavy (non-hydrogen) atoms. The van der Waals surface area contributed by atoms with E-state index in [1.807, 2.05) is 0 Å². The summed E-state index contributed by atoms with van der Waals surface area (Å²) in [7, 11) is 1.75. The topological polar surface area (TPSA) is 29.5 Å². The molecule has 0 spiro atoms. The number of hydrogen-bond donors (Lipinski definition) is 1. The number of ether oxygens (including phenoxy) is 1. The summed E-state index contributed by atoms with van der Waals surface area (Å²) in [5.74, 6) is 1.14. The van der Waals surface area contributed by atoms with Crippen LogP contribution in [0.15, 0.2) is 0 Å². The molecule has 0 amide bonds. The maximum Gasteiger partial charge on any atom is 0.0566 e. The van der Waals surface area contributed by atoms with Crippen molar-refractivity contribution in [3.05, 3.63) is 0 Å². The zero-order chi connectivity index (χ0) is 8.27. The van der Waals surface area contributed by atoms with Crippen LogP contribution in [0.25, 0.3) is 0 Å². The van der Waals surface area contributed by atoms with Gasteiger partial charge in [-0.3, -0.25) is 0 Å². The molecule has 2 heteroatoms. The van der Waals surface area contributed by atoms with Crippen molar-refractivity contribution < 1.29 is 9.84 Å². The molecule has 1 saturated carbocycles. The first-order chi connectivity index (χ1) is 5.24. The first-order valence-electron chi connectivity index (χ1n) is 4.41. The van der Waals surface area contributed by atoms with E-state index < -0.39 is 0 Å². The molecule has 0 heterocycles. The predicted octanol–water partition coefficient (Wildman–Crippen LogP) is 1.43. The van der Waals surface area contributed by atoms with E-state index in [0.717, 1.165) is 25.9 Å². The Bertz CT molecular complexity index is 114. The Hall–Kier alpha value is -0.0800. The summed E-state index contributed by atoms with van der Waals surface area (Å²) < 4.78 is 5.08. The fourth-order valence-electron chi connectivity index (χ4n) is 1.88. The molecule has 1 N–H and O–H groups in total. The van der Waals surface area contributed by atoms with Crippen LogP contribution in [0.2, 0.25) is 0 Å². The quantitative estimate of drug-likeness (QED) is 0.658. The van der Waals surface area contributed by atoms with Crippen LogP contribution in [-0.2, 0) is 4.74 Å². The summed E-state index contributed by atoms with van der Waals surface area (Å²) in [6, 6.07) is 0. The Morgan fingerprint density at radius 3 is 2.73 bits per heavy atom. The molecule has 0 aromatic carbocycles. The van der Waals surface area contributed by atoms with Crippen LogP contribution in [0.5, 0.6) is 0 Å². The van der Waals surface area contributed by atoms with E-state index in [2.05, 4.69) is 6.92 Å². The van der Waals surface area contributed by atoms with Gasteiger partial charge in [0.05, 0.1) is 6.10 Å². The summed E-state index contributed by atoms with van der Waals surface area (Å²) in [4.78, 5) is 0. The normalized spacial score (nSPS) is 39.0. The monoisotopic (exact) mass is 158 g/mol. The fourth-order valence-corrected chi connectivity index (χ4v) is 1.88. The van der Waals surface area contributed by atoms with Gasteiger partial charge >= 0.3 is 0 Å². The molecule has 1 rings (SSSR count). The number of rotatable bonds is 2. The lowest BCUT2D eigenvalue weighted by molar-refractivity contribution is 0.0323. The zero-order valence-electron chi connectivity index (χ0n) is 7.42. The second kappa shape index (κ2) is 4.07. The third-order valence-electron chi connectivity index (χ3n) is 2.64. The molecule has 3 unspecified atom stereocenters. The largest absolute Gasteiger partial charge is 0.393 e. The molecular formula is C9H18O2. The molecule has 1 fully saturated rings. The van der Waals surface area contributed by atoms with Gasteiger partial charge in [0.2, 0.25) is 0 Å². The average Bonchev–Trinajstić information content (AvgIpc) is 1.98. The van der Waals surface area contributed by atoms with Gasteiger partial charge in [0, 0.05) is 13.7 Å². The Kier molecular flexibility index (Phi) is 3.34. The Morgan fingerprint density at radius 2 is 2.18 bits per heavy atom. The van der Waals surface area contributed by atoms with Crippen molar-refractivity contribution in [2.24, 2.45) is 11.8 Å². The van der Waals surface area contributed by atoms with Crippen molar-refractivity contribution in [1.82, 2.24) is 0 Å². The van der Waals surface area contributed by atoms with Gasteiger partial charge in [-0.2, -0.15) is 0 Å². The third-order valence-corrected chi connectivity index (χ3v) is 2.64. The van der Waals surface area contributed by atoms with Gasteiger partial charge < -0.3 is 9.84 Å². The average molecular weight is 158 g/mol. The van der Waals surface area contributed by atoms with Crippen LogP contribution < -0.4 is 0 Å². The minimum absolute atomic E-state index is 0.0666. The van der Waals surface area contributed by atoms with Crippen LogP contribution >= 0.6 is 0 Å². The standard InChI is InChI=1S/C9H18O2/c1-7-5-8(6-11-2)3-4-9(7)10/h7-10H,3-6H2,1-2H3. The van der Waals surface area contributed by atoms with Crippen LogP contribution in [0.3, 0.4) is 0 Å². The smallest absolute Gasteiger partial charge is 0.0566 e. The van der Waals surface area contributed by atoms with Gasteiger partial charge in [0.25, 0.3) is 0 Å². The molecular weight excluding hydrogens is 140 g/mol. The lowest BCUT2D eigenvalue weighted by Gasteiger charge is -2.30. The maximum absolute atomic E-state index is 9.42. The van der Waals surface area contributed by atoms with Crippen molar-refractivity contribution in [2.75, 3.05) is 13.7 Å². The van der Waals surface area contributed by atoms with Gasteiger partial charge in [0.1, 0.15) is 0 Å². The minimum Gasteiger partial charge on any atom is -0.393 e. The van der Waals surface area contributed by atoms with Gasteiger partial charge in [-0.1, -0.05) is 6.92 Å². The highest BCUT2D eigenvalue weighted by atomic mass is 16.5. The summed E-state index contributed by atoms with van der Waals surface area (Å²) in [6.45, 7) is 2.98. The van der Waals surface area contributed by atoms with Crippen LogP contribution in [0.4, 0.5) is 0 Å². The summed E-state index contributed by atoms with van der Waals surface area (Å²) in [5.41, 5.74) is 0. The lowest BCUT2D eigenvalue weighted by atomic mass is 9.81. The van der Waals surface area contributed by atoms with Crippen LogP contribution in [0.1, 0.15) is 26.2 Å². The second-order valence-corrected chi connectivity index (χ2v) is 3.68. The Morgan fingerprint density at radius 1 is 1.45 bits per heavy atom. The van der Waals surface area contributed by atoms with Crippen molar-refractivity contribution in [3.8, 4) is 0 Å². The van der Waals surface area contributed by atoms with E-state index in [1.165, 1.54) is 0 Å². The third kappa shape index (κ3) is 2.46. The highest BCUT2D eigenvalue weighted by Gasteiger charge is 2.25. The van der Waals surface area contributed by atoms with Gasteiger partial charge in [-0.25, -0.2) is 0 Å². The first kappa shape index (κ1) is 9.01. The molecule has 0 aromatic rings. The highest BCUT2D eigenvalue weighted by Crippen LogP contribution is 2.28. The number of aliphatic hydroxyl groups is 1. The molecule has 1 aliphatic carbocycles. The van der Waals surface area contributed by atoms with E-state index >= 15 is 0 Å². The highest BCUT2D eigenvalue weighted by molar-refractivity contribution is 4.76. The molecule has 1 aliphatic rings. The summed E-state index contributed by atoms with van der Waals surface area (Å²) >= 11 is 0. The van der Waals surface area contributed by atoms with Crippen LogP contribution in [0, 0.1) is 11.8 Å². The van der Waals surface area contributed by atoms with E-state index in [0.29, 0.717) is 11.8 Å². The molecule has 0 saturated heterocycles. The number of methoxy groups -OCH3 is 1. The molecule has 0 aliphatic heterocycles. The van der Waals surface area contributed by atoms with E-state index in [1.54, 1.807) is 7.11 Å². The van der Waals surface area contributed by atoms with Gasteiger partial charge in [0.15, 0.2) is 0 Å². The van der Waals surface area contributed by atoms with Gasteiger partial charge in [-0.05, 0) is 31.1 Å². The Labute approximate surface area is 68.6 Å². The SMILES string of the molecule is COCC1CCC(O)C(C)C1. The summed E-state index contributed by atoms with van der Waals surface area (Å²) in [6.07, 6.45) is 3.13. The fraction of sp³-hybridized carbons (Fsp3) is 1.00. The molecule has 3 atom stereocenters. The molecule has 66 valence electrons. The molecule has 2 nitrogen and oxygen atoms in total. The molecule has 0 radical (unpaired) electrons. The van der Waals surface area contributed by atoms with Crippen molar-refractivity contribution in [1.29, 1.82) is 0 Å². The van der Waals surface area contributed by atoms with E-state index in [4.69, 9.17) is 4.74 Å². The lowest BCUT2D eigenvalue weighted by Crippen LogP contribution is -2.28. The Balaban J connectivity index is 2.28. The summed E-state index contributed by atoms with van der Waals surface area (Å²) in [5, 5.41) is 9.42. The van der Waals surface area contributed by atoms with E-state index in [-0.39, 0.29) is 6.10 Å². The number of aliphatic hydroxyl groups excluding tert-OH is 1. The predicted molar refractivity (Wildman–Crippen MR) is 44.4 cm³/mol. The second-order valence-electron chi connectivity index (χ2n) is 3.68. The van der Waals surface area contributed by atoms with E-state index in [9.17, 15) is 5.11 Å². The van der Waals surface area contributed by atoms with Gasteiger partial charge in [-0.15, -0.1) is 0 Å². The van der Waals surface area contributed by atoms with Crippen molar-refractivity contribution in [2.45, 2.75) is 32.3 Å². The molecule has 0 bridgehead atoms. The van der Waals surface area contributed by atoms with Crippen molar-refractivity contribution in [3.63, 3.8) is 0 Å². The first-order valence-corrected chi connectivity index (χ1v) is 4.41. The zero-order valence-corrected chi connectivity index (χ0v) is 7.42. The number of hydrogen-bond acceptors (Lipinski definition) is 2. The van der Waals surface area contributed by atoms with Crippen molar-refractivity contribution >= 4 is 0 Å². The minimum atomic E-state index is -0.0666. The van der Waals surface area contributed by atoms with Crippen LogP contribution in [-0.4, -0.2) is 24.9 Å².